The summed E-state index contributed by atoms with van der Waals surface area (Å²) in [6.45, 7) is 3.15. The highest BCUT2D eigenvalue weighted by atomic mass is 32.2. The minimum absolute atomic E-state index is 0.0480. The number of benzene rings is 2. The number of fused-ring (bicyclic) bond motifs is 1. The van der Waals surface area contributed by atoms with E-state index in [0.29, 0.717) is 18.9 Å². The summed E-state index contributed by atoms with van der Waals surface area (Å²) in [6, 6.07) is 9.92. The summed E-state index contributed by atoms with van der Waals surface area (Å²) in [5.74, 6) is -0.255. The maximum Gasteiger partial charge on any atom is 0.416 e. The molecule has 212 valence electrons. The second-order valence-electron chi connectivity index (χ2n) is 11.0. The van der Waals surface area contributed by atoms with Crippen molar-refractivity contribution in [2.75, 3.05) is 19.6 Å². The predicted molar refractivity (Wildman–Crippen MR) is 142 cm³/mol. The standard InChI is InChI=1S/C29H36F3N3O3S/c30-29(31,32)23-7-5-8-25(19-23)39(37,38)35(24-11-12-24)17-14-28(36)33-27-9-4-6-22-18-21(10-13-26(22)27)20-34-15-2-1-3-16-34/h5,7-8,10,13,18-19,24,27H,1-4,6,9,11-12,14-17,20H2,(H,33,36)/t27-/m1/s1. The molecule has 0 unspecified atom stereocenters. The lowest BCUT2D eigenvalue weighted by Crippen LogP contribution is -2.38. The topological polar surface area (TPSA) is 69.7 Å². The number of alkyl halides is 3. The Morgan fingerprint density at radius 1 is 1.00 bits per heavy atom. The first-order valence-corrected chi connectivity index (χ1v) is 15.4. The molecule has 39 heavy (non-hydrogen) atoms. The molecule has 2 aromatic rings. The van der Waals surface area contributed by atoms with Crippen molar-refractivity contribution in [3.05, 3.63) is 64.7 Å². The molecule has 1 atom stereocenters. The highest BCUT2D eigenvalue weighted by Gasteiger charge is 2.39. The van der Waals surface area contributed by atoms with E-state index >= 15 is 0 Å². The van der Waals surface area contributed by atoms with Gasteiger partial charge < -0.3 is 5.32 Å². The molecule has 2 fully saturated rings. The van der Waals surface area contributed by atoms with Crippen molar-refractivity contribution < 1.29 is 26.4 Å². The highest BCUT2D eigenvalue weighted by molar-refractivity contribution is 7.89. The van der Waals surface area contributed by atoms with Crippen LogP contribution >= 0.6 is 0 Å². The van der Waals surface area contributed by atoms with Crippen LogP contribution in [0, 0.1) is 0 Å². The van der Waals surface area contributed by atoms with Crippen LogP contribution in [0.2, 0.25) is 0 Å². The Morgan fingerprint density at radius 2 is 1.77 bits per heavy atom. The Balaban J connectivity index is 1.22. The van der Waals surface area contributed by atoms with E-state index in [4.69, 9.17) is 0 Å². The van der Waals surface area contributed by atoms with Crippen LogP contribution in [0.25, 0.3) is 0 Å². The van der Waals surface area contributed by atoms with Gasteiger partial charge in [-0.15, -0.1) is 0 Å². The summed E-state index contributed by atoms with van der Waals surface area (Å²) < 4.78 is 67.2. The van der Waals surface area contributed by atoms with Gasteiger partial charge in [0.1, 0.15) is 0 Å². The number of likely N-dealkylation sites (tertiary alicyclic amines) is 1. The van der Waals surface area contributed by atoms with Crippen molar-refractivity contribution in [2.24, 2.45) is 0 Å². The number of nitrogens with one attached hydrogen (secondary N) is 1. The number of nitrogens with zero attached hydrogens (tertiary/aromatic N) is 2. The van der Waals surface area contributed by atoms with Crippen LogP contribution in [0.1, 0.15) is 79.7 Å². The number of sulfonamides is 1. The van der Waals surface area contributed by atoms with Crippen molar-refractivity contribution in [2.45, 2.75) is 87.5 Å². The average molecular weight is 564 g/mol. The highest BCUT2D eigenvalue weighted by Crippen LogP contribution is 2.35. The molecule has 0 bridgehead atoms. The second kappa shape index (κ2) is 11.6. The van der Waals surface area contributed by atoms with Crippen LogP contribution in [-0.4, -0.2) is 49.2 Å². The number of piperidine rings is 1. The third kappa shape index (κ3) is 6.84. The minimum atomic E-state index is -4.64. The van der Waals surface area contributed by atoms with E-state index in [1.165, 1.54) is 40.8 Å². The zero-order chi connectivity index (χ0) is 27.6. The first kappa shape index (κ1) is 28.1. The normalized spacial score (nSPS) is 20.6. The van der Waals surface area contributed by atoms with Gasteiger partial charge in [-0.25, -0.2) is 8.42 Å². The second-order valence-corrected chi connectivity index (χ2v) is 12.9. The molecule has 2 aromatic carbocycles. The van der Waals surface area contributed by atoms with Crippen LogP contribution in [-0.2, 0) is 34.0 Å². The van der Waals surface area contributed by atoms with Gasteiger partial charge in [-0.2, -0.15) is 17.5 Å². The van der Waals surface area contributed by atoms with Gasteiger partial charge in [0.15, 0.2) is 0 Å². The smallest absolute Gasteiger partial charge is 0.349 e. The zero-order valence-electron chi connectivity index (χ0n) is 22.0. The lowest BCUT2D eigenvalue weighted by Gasteiger charge is -2.29. The van der Waals surface area contributed by atoms with Crippen LogP contribution in [0.3, 0.4) is 0 Å². The molecule has 5 rings (SSSR count). The summed E-state index contributed by atoms with van der Waals surface area (Å²) in [5, 5.41) is 3.09. The van der Waals surface area contributed by atoms with Gasteiger partial charge in [0.05, 0.1) is 16.5 Å². The fraction of sp³-hybridized carbons (Fsp3) is 0.552. The number of aryl methyl sites for hydroxylation is 1. The van der Waals surface area contributed by atoms with Crippen LogP contribution in [0.4, 0.5) is 13.2 Å². The van der Waals surface area contributed by atoms with E-state index in [1.54, 1.807) is 0 Å². The van der Waals surface area contributed by atoms with Gasteiger partial charge in [0, 0.05) is 25.6 Å². The SMILES string of the molecule is O=C(CCN(C1CC1)S(=O)(=O)c1cccc(C(F)(F)F)c1)N[C@@H]1CCCc2cc(CN3CCCCC3)ccc21. The number of hydrogen-bond acceptors (Lipinski definition) is 4. The lowest BCUT2D eigenvalue weighted by molar-refractivity contribution is -0.137. The summed E-state index contributed by atoms with van der Waals surface area (Å²) in [4.78, 5) is 15.1. The Hall–Kier alpha value is -2.43. The van der Waals surface area contributed by atoms with Gasteiger partial charge in [0.2, 0.25) is 15.9 Å². The molecular weight excluding hydrogens is 527 g/mol. The lowest BCUT2D eigenvalue weighted by atomic mass is 9.86. The molecule has 1 N–H and O–H groups in total. The van der Waals surface area contributed by atoms with Crippen molar-refractivity contribution >= 4 is 15.9 Å². The Bertz CT molecular complexity index is 1290. The summed E-state index contributed by atoms with van der Waals surface area (Å²) in [6.07, 6.45) is 3.14. The van der Waals surface area contributed by atoms with E-state index in [0.717, 1.165) is 56.6 Å². The molecule has 0 radical (unpaired) electrons. The fourth-order valence-electron chi connectivity index (χ4n) is 5.80. The third-order valence-corrected chi connectivity index (χ3v) is 9.94. The van der Waals surface area contributed by atoms with E-state index in [2.05, 4.69) is 28.4 Å². The summed E-state index contributed by atoms with van der Waals surface area (Å²) >= 11 is 0. The van der Waals surface area contributed by atoms with Gasteiger partial charge >= 0.3 is 6.18 Å². The average Bonchev–Trinajstić information content (AvgIpc) is 3.74. The molecule has 2 aliphatic carbocycles. The van der Waals surface area contributed by atoms with Crippen LogP contribution in [0.5, 0.6) is 0 Å². The number of halogens is 3. The Kier molecular flexibility index (Phi) is 8.35. The molecule has 0 spiro atoms. The molecule has 1 heterocycles. The summed E-state index contributed by atoms with van der Waals surface area (Å²) in [7, 11) is -4.17. The van der Waals surface area contributed by atoms with Gasteiger partial charge in [-0.3, -0.25) is 9.69 Å². The van der Waals surface area contributed by atoms with Gasteiger partial charge in [-0.05, 0) is 92.9 Å². The van der Waals surface area contributed by atoms with E-state index in [-0.39, 0.29) is 31.0 Å². The molecule has 0 aromatic heterocycles. The maximum absolute atomic E-state index is 13.3. The third-order valence-electron chi connectivity index (χ3n) is 7.99. The van der Waals surface area contributed by atoms with Gasteiger partial charge in [-0.1, -0.05) is 30.7 Å². The van der Waals surface area contributed by atoms with E-state index in [9.17, 15) is 26.4 Å². The molecular formula is C29H36F3N3O3S. The Morgan fingerprint density at radius 3 is 2.49 bits per heavy atom. The molecule has 1 amide bonds. The number of hydrogen-bond donors (Lipinski definition) is 1. The van der Waals surface area contributed by atoms with E-state index < -0.39 is 26.7 Å². The largest absolute Gasteiger partial charge is 0.416 e. The molecule has 10 heteroatoms. The first-order chi connectivity index (χ1) is 18.6. The predicted octanol–water partition coefficient (Wildman–Crippen LogP) is 5.43. The molecule has 1 saturated carbocycles. The van der Waals surface area contributed by atoms with Gasteiger partial charge in [0.25, 0.3) is 0 Å². The number of carbonyl (C=O) groups is 1. The molecule has 6 nitrogen and oxygen atoms in total. The number of amides is 1. The quantitative estimate of drug-likeness (QED) is 0.442. The fourth-order valence-corrected chi connectivity index (χ4v) is 7.53. The maximum atomic E-state index is 13.3. The van der Waals surface area contributed by atoms with Crippen molar-refractivity contribution in [1.82, 2.24) is 14.5 Å². The zero-order valence-corrected chi connectivity index (χ0v) is 22.9. The van der Waals surface area contributed by atoms with Crippen molar-refractivity contribution in [3.63, 3.8) is 0 Å². The monoisotopic (exact) mass is 563 g/mol. The number of rotatable bonds is 9. The van der Waals surface area contributed by atoms with E-state index in [1.807, 2.05) is 0 Å². The van der Waals surface area contributed by atoms with Crippen LogP contribution < -0.4 is 5.32 Å². The number of carbonyl (C=O) groups excluding carboxylic acids is 1. The molecule has 1 aliphatic heterocycles. The first-order valence-electron chi connectivity index (χ1n) is 13.9. The molecule has 1 saturated heterocycles. The van der Waals surface area contributed by atoms with Crippen LogP contribution in [0.15, 0.2) is 47.4 Å². The Labute approximate surface area is 228 Å². The minimum Gasteiger partial charge on any atom is -0.349 e. The van der Waals surface area contributed by atoms with Crippen molar-refractivity contribution in [3.8, 4) is 0 Å². The molecule has 3 aliphatic rings. The summed E-state index contributed by atoms with van der Waals surface area (Å²) in [5.41, 5.74) is 2.66. The van der Waals surface area contributed by atoms with Crippen molar-refractivity contribution in [1.29, 1.82) is 0 Å².